The molecular formula is C28H27NOP+. The Kier molecular flexibility index (Phi) is 4.84. The first-order valence-corrected chi connectivity index (χ1v) is 12.9. The maximum atomic E-state index is 6.46. The fraction of sp³-hybridized carbons (Fsp3) is 0.143. The molecule has 31 heavy (non-hydrogen) atoms. The second-order valence-corrected chi connectivity index (χ2v) is 11.7. The number of fused-ring (bicyclic) bond motifs is 3. The SMILES string of the molecule is Cc1cc(C)c(N[P+](C)(c2ccccc2)c2cccc3c2oc2ccccc23)c(C)c1. The van der Waals surface area contributed by atoms with E-state index in [1.54, 1.807) is 0 Å². The van der Waals surface area contributed by atoms with Crippen molar-refractivity contribution in [2.75, 3.05) is 11.8 Å². The van der Waals surface area contributed by atoms with Gasteiger partial charge in [0.2, 0.25) is 0 Å². The summed E-state index contributed by atoms with van der Waals surface area (Å²) in [6, 6.07) is 30.2. The molecule has 3 heteroatoms. The van der Waals surface area contributed by atoms with Crippen molar-refractivity contribution in [3.05, 3.63) is 102 Å². The molecule has 1 atom stereocenters. The third kappa shape index (κ3) is 3.32. The van der Waals surface area contributed by atoms with Crippen LogP contribution in [-0.4, -0.2) is 6.66 Å². The van der Waals surface area contributed by atoms with Crippen molar-refractivity contribution in [2.24, 2.45) is 0 Å². The molecule has 154 valence electrons. The minimum absolute atomic E-state index is 0.937. The lowest BCUT2D eigenvalue weighted by Crippen LogP contribution is -2.28. The summed E-state index contributed by atoms with van der Waals surface area (Å²) in [6.07, 6.45) is 0. The van der Waals surface area contributed by atoms with E-state index < -0.39 is 7.41 Å². The Morgan fingerprint density at radius 1 is 0.710 bits per heavy atom. The first-order chi connectivity index (χ1) is 15.0. The van der Waals surface area contributed by atoms with Crippen molar-refractivity contribution < 1.29 is 4.42 Å². The highest BCUT2D eigenvalue weighted by Crippen LogP contribution is 2.55. The number of aryl methyl sites for hydroxylation is 3. The summed E-state index contributed by atoms with van der Waals surface area (Å²) >= 11 is 0. The summed E-state index contributed by atoms with van der Waals surface area (Å²) < 4.78 is 6.46. The summed E-state index contributed by atoms with van der Waals surface area (Å²) in [4.78, 5) is 0. The molecule has 5 aromatic rings. The largest absolute Gasteiger partial charge is 0.452 e. The zero-order valence-corrected chi connectivity index (χ0v) is 19.3. The highest BCUT2D eigenvalue weighted by Gasteiger charge is 2.41. The van der Waals surface area contributed by atoms with E-state index >= 15 is 0 Å². The van der Waals surface area contributed by atoms with E-state index in [-0.39, 0.29) is 0 Å². The molecular weight excluding hydrogens is 397 g/mol. The molecule has 1 N–H and O–H groups in total. The van der Waals surface area contributed by atoms with Crippen LogP contribution in [0.25, 0.3) is 21.9 Å². The quantitative estimate of drug-likeness (QED) is 0.310. The molecule has 0 radical (unpaired) electrons. The molecule has 0 saturated heterocycles. The van der Waals surface area contributed by atoms with Gasteiger partial charge in [-0.3, -0.25) is 5.09 Å². The smallest absolute Gasteiger partial charge is 0.179 e. The third-order valence-electron chi connectivity index (χ3n) is 6.15. The van der Waals surface area contributed by atoms with Gasteiger partial charge < -0.3 is 4.42 Å². The predicted octanol–water partition coefficient (Wildman–Crippen LogP) is 7.14. The molecule has 0 saturated carbocycles. The normalized spacial score (nSPS) is 13.4. The van der Waals surface area contributed by atoms with Crippen LogP contribution >= 0.6 is 7.41 Å². The van der Waals surface area contributed by atoms with Gasteiger partial charge in [0.1, 0.15) is 10.9 Å². The van der Waals surface area contributed by atoms with E-state index in [4.69, 9.17) is 4.42 Å². The Labute approximate surface area is 184 Å². The topological polar surface area (TPSA) is 25.2 Å². The summed E-state index contributed by atoms with van der Waals surface area (Å²) in [5, 5.41) is 8.93. The molecule has 2 nitrogen and oxygen atoms in total. The number of nitrogens with one attached hydrogen (secondary N) is 1. The van der Waals surface area contributed by atoms with Crippen LogP contribution in [0.4, 0.5) is 5.69 Å². The van der Waals surface area contributed by atoms with Gasteiger partial charge in [-0.15, -0.1) is 0 Å². The molecule has 0 aliphatic heterocycles. The van der Waals surface area contributed by atoms with Crippen LogP contribution in [0.3, 0.4) is 0 Å². The Balaban J connectivity index is 1.79. The molecule has 1 aromatic heterocycles. The first kappa shape index (κ1) is 19.8. The van der Waals surface area contributed by atoms with Crippen LogP contribution in [0.2, 0.25) is 0 Å². The first-order valence-electron chi connectivity index (χ1n) is 10.7. The molecule has 1 heterocycles. The summed E-state index contributed by atoms with van der Waals surface area (Å²) in [5.41, 5.74) is 6.98. The zero-order valence-electron chi connectivity index (χ0n) is 18.4. The second-order valence-electron chi connectivity index (χ2n) is 8.48. The minimum atomic E-state index is -2.01. The number of benzene rings is 4. The predicted molar refractivity (Wildman–Crippen MR) is 137 cm³/mol. The van der Waals surface area contributed by atoms with E-state index in [9.17, 15) is 0 Å². The van der Waals surface area contributed by atoms with Gasteiger partial charge in [0, 0.05) is 10.8 Å². The van der Waals surface area contributed by atoms with Gasteiger partial charge in [0.25, 0.3) is 0 Å². The minimum Gasteiger partial charge on any atom is -0.452 e. The highest BCUT2D eigenvalue weighted by atomic mass is 31.2. The average Bonchev–Trinajstić information content (AvgIpc) is 3.15. The van der Waals surface area contributed by atoms with Crippen LogP contribution in [0.15, 0.2) is 89.3 Å². The molecule has 0 bridgehead atoms. The van der Waals surface area contributed by atoms with Crippen molar-refractivity contribution in [3.63, 3.8) is 0 Å². The zero-order chi connectivity index (χ0) is 21.6. The number of anilines is 1. The van der Waals surface area contributed by atoms with Crippen LogP contribution in [0.5, 0.6) is 0 Å². The lowest BCUT2D eigenvalue weighted by atomic mass is 10.1. The maximum absolute atomic E-state index is 6.46. The van der Waals surface area contributed by atoms with E-state index in [1.807, 2.05) is 6.07 Å². The lowest BCUT2D eigenvalue weighted by molar-refractivity contribution is 0.671. The van der Waals surface area contributed by atoms with Crippen molar-refractivity contribution in [1.29, 1.82) is 0 Å². The number of para-hydroxylation sites is 2. The monoisotopic (exact) mass is 424 g/mol. The van der Waals surface area contributed by atoms with Gasteiger partial charge >= 0.3 is 0 Å². The van der Waals surface area contributed by atoms with E-state index in [1.165, 1.54) is 43.8 Å². The summed E-state index contributed by atoms with van der Waals surface area (Å²) in [7, 11) is -2.01. The molecule has 0 amide bonds. The Bertz CT molecular complexity index is 1380. The van der Waals surface area contributed by atoms with Crippen LogP contribution in [-0.2, 0) is 0 Å². The fourth-order valence-corrected chi connectivity index (χ4v) is 7.71. The van der Waals surface area contributed by atoms with E-state index in [0.29, 0.717) is 0 Å². The molecule has 1 unspecified atom stereocenters. The van der Waals surface area contributed by atoms with Gasteiger partial charge in [-0.1, -0.05) is 66.2 Å². The van der Waals surface area contributed by atoms with Crippen molar-refractivity contribution in [3.8, 4) is 0 Å². The number of hydrogen-bond acceptors (Lipinski definition) is 2. The maximum Gasteiger partial charge on any atom is 0.179 e. The molecule has 0 spiro atoms. The number of furan rings is 1. The molecule has 0 aliphatic rings. The Morgan fingerprint density at radius 2 is 1.35 bits per heavy atom. The fourth-order valence-electron chi connectivity index (χ4n) is 4.65. The van der Waals surface area contributed by atoms with Crippen molar-refractivity contribution in [2.45, 2.75) is 20.8 Å². The van der Waals surface area contributed by atoms with Gasteiger partial charge in [-0.25, -0.2) is 0 Å². The number of hydrogen-bond donors (Lipinski definition) is 1. The van der Waals surface area contributed by atoms with Crippen LogP contribution in [0, 0.1) is 20.8 Å². The summed E-state index contributed by atoms with van der Waals surface area (Å²) in [5.74, 6) is 0. The van der Waals surface area contributed by atoms with Crippen LogP contribution in [0.1, 0.15) is 16.7 Å². The van der Waals surface area contributed by atoms with Crippen LogP contribution < -0.4 is 15.7 Å². The van der Waals surface area contributed by atoms with Gasteiger partial charge in [-0.05, 0) is 56.2 Å². The molecule has 0 fully saturated rings. The van der Waals surface area contributed by atoms with Gasteiger partial charge in [-0.2, -0.15) is 0 Å². The van der Waals surface area contributed by atoms with Gasteiger partial charge in [0.05, 0.1) is 12.4 Å². The lowest BCUT2D eigenvalue weighted by Gasteiger charge is -2.26. The highest BCUT2D eigenvalue weighted by molar-refractivity contribution is 7.90. The molecule has 5 rings (SSSR count). The molecule has 0 aliphatic carbocycles. The number of rotatable bonds is 4. The van der Waals surface area contributed by atoms with Gasteiger partial charge in [0.15, 0.2) is 18.3 Å². The second kappa shape index (κ2) is 7.55. The molecule has 4 aromatic carbocycles. The average molecular weight is 425 g/mol. The standard InChI is InChI=1S/C28H27NOP/c1-19-17-20(2)27(21(3)18-19)29-31(4,22-11-6-5-7-12-22)26-16-10-14-24-23-13-8-9-15-25(23)30-28(24)26/h5-18,29H,1-4H3/q+1. The van der Waals surface area contributed by atoms with E-state index in [0.717, 1.165) is 11.2 Å². The van der Waals surface area contributed by atoms with E-state index in [2.05, 4.69) is 111 Å². The van der Waals surface area contributed by atoms with Crippen molar-refractivity contribution >= 4 is 45.6 Å². The Hall–Kier alpha value is -3.09. The Morgan fingerprint density at radius 3 is 2.10 bits per heavy atom. The third-order valence-corrected chi connectivity index (χ3v) is 9.47. The summed E-state index contributed by atoms with van der Waals surface area (Å²) in [6.45, 7) is 8.91. The van der Waals surface area contributed by atoms with Crippen molar-refractivity contribution in [1.82, 2.24) is 0 Å².